The Balaban J connectivity index is 1.42. The molecule has 1 aliphatic heterocycles. The monoisotopic (exact) mass is 486 g/mol. The van der Waals surface area contributed by atoms with Crippen molar-refractivity contribution in [2.45, 2.75) is 23.1 Å². The molecular formula is C31H22N2O2S. The summed E-state index contributed by atoms with van der Waals surface area (Å²) >= 11 is 0. The van der Waals surface area contributed by atoms with Crippen molar-refractivity contribution in [3.63, 3.8) is 0 Å². The van der Waals surface area contributed by atoms with E-state index in [1.165, 1.54) is 10.8 Å². The largest absolute Gasteiger partial charge is 0.293 e. The van der Waals surface area contributed by atoms with Crippen LogP contribution in [0.2, 0.25) is 0 Å². The van der Waals surface area contributed by atoms with E-state index in [0.29, 0.717) is 32.9 Å². The number of nitrogens with zero attached hydrogens (tertiary/aromatic N) is 2. The normalized spacial score (nSPS) is 13.7. The second-order valence-corrected chi connectivity index (χ2v) is 11.0. The molecule has 0 unspecified atom stereocenters. The van der Waals surface area contributed by atoms with Crippen LogP contribution in [0, 0.1) is 0 Å². The molecule has 6 aromatic rings. The van der Waals surface area contributed by atoms with Crippen molar-refractivity contribution >= 4 is 31.6 Å². The summed E-state index contributed by atoms with van der Waals surface area (Å²) in [4.78, 5) is 5.43. The van der Waals surface area contributed by atoms with Crippen molar-refractivity contribution < 1.29 is 8.42 Å². The van der Waals surface area contributed by atoms with Crippen molar-refractivity contribution in [2.24, 2.45) is 0 Å². The third kappa shape index (κ3) is 2.93. The standard InChI is InChI=1S/C31H22N2O2S/c1-2-29-32-26-10-6-12-28-31(26)33(29)30-25(9-5-11-27(30)36(28,34)35)22-16-13-21(14-17-22)24-18-15-20-7-3-4-8-23(20)19-24/h3-19H,2H2,1H3. The van der Waals surface area contributed by atoms with Crippen LogP contribution in [0.25, 0.3) is 49.7 Å². The summed E-state index contributed by atoms with van der Waals surface area (Å²) in [6, 6.07) is 34.1. The summed E-state index contributed by atoms with van der Waals surface area (Å²) in [5.74, 6) is 0.855. The fourth-order valence-electron chi connectivity index (χ4n) is 5.37. The summed E-state index contributed by atoms with van der Waals surface area (Å²) in [5, 5.41) is 2.42. The van der Waals surface area contributed by atoms with E-state index in [1.54, 1.807) is 18.2 Å². The van der Waals surface area contributed by atoms with E-state index in [9.17, 15) is 8.42 Å². The predicted molar refractivity (Wildman–Crippen MR) is 144 cm³/mol. The number of fused-ring (bicyclic) bond motifs is 3. The Labute approximate surface area is 209 Å². The zero-order chi connectivity index (χ0) is 24.4. The minimum absolute atomic E-state index is 0.323. The van der Waals surface area contributed by atoms with Gasteiger partial charge in [-0.15, -0.1) is 0 Å². The lowest BCUT2D eigenvalue weighted by molar-refractivity contribution is 0.594. The molecule has 5 aromatic carbocycles. The van der Waals surface area contributed by atoms with Gasteiger partial charge in [0.2, 0.25) is 9.84 Å². The number of para-hydroxylation sites is 2. The Morgan fingerprint density at radius 1 is 0.694 bits per heavy atom. The van der Waals surface area contributed by atoms with Crippen LogP contribution in [0.5, 0.6) is 0 Å². The summed E-state index contributed by atoms with van der Waals surface area (Å²) in [6.45, 7) is 2.05. The fourth-order valence-corrected chi connectivity index (χ4v) is 7.03. The highest BCUT2D eigenvalue weighted by Gasteiger charge is 2.34. The van der Waals surface area contributed by atoms with Crippen LogP contribution in [0.4, 0.5) is 0 Å². The molecule has 1 aliphatic rings. The first-order chi connectivity index (χ1) is 17.6. The number of imidazole rings is 1. The Morgan fingerprint density at radius 3 is 2.19 bits per heavy atom. The predicted octanol–water partition coefficient (Wildman–Crippen LogP) is 7.22. The second-order valence-electron chi connectivity index (χ2n) is 9.14. The van der Waals surface area contributed by atoms with E-state index in [4.69, 9.17) is 4.98 Å². The number of rotatable bonds is 3. The van der Waals surface area contributed by atoms with Crippen molar-refractivity contribution in [3.05, 3.63) is 109 Å². The number of sulfone groups is 1. The third-order valence-electron chi connectivity index (χ3n) is 7.11. The molecule has 174 valence electrons. The average molecular weight is 487 g/mol. The molecule has 36 heavy (non-hydrogen) atoms. The molecule has 0 atom stereocenters. The van der Waals surface area contributed by atoms with Crippen LogP contribution in [-0.2, 0) is 16.3 Å². The molecule has 5 heteroatoms. The van der Waals surface area contributed by atoms with Gasteiger partial charge in [0.05, 0.1) is 26.5 Å². The van der Waals surface area contributed by atoms with Gasteiger partial charge in [-0.3, -0.25) is 4.57 Å². The third-order valence-corrected chi connectivity index (χ3v) is 8.92. The van der Waals surface area contributed by atoms with E-state index >= 15 is 0 Å². The van der Waals surface area contributed by atoms with E-state index in [-0.39, 0.29) is 0 Å². The second kappa shape index (κ2) is 7.64. The molecule has 0 fully saturated rings. The smallest absolute Gasteiger partial charge is 0.210 e. The van der Waals surface area contributed by atoms with Gasteiger partial charge >= 0.3 is 0 Å². The Morgan fingerprint density at radius 2 is 1.39 bits per heavy atom. The van der Waals surface area contributed by atoms with Crippen LogP contribution in [0.3, 0.4) is 0 Å². The first-order valence-corrected chi connectivity index (χ1v) is 13.5. The van der Waals surface area contributed by atoms with Crippen molar-refractivity contribution in [2.75, 3.05) is 0 Å². The SMILES string of the molecule is CCc1nc2cccc3c2n1-c1c(-c2ccc(-c4ccc5ccccc5c4)cc2)cccc1S3(=O)=O. The van der Waals surface area contributed by atoms with Gasteiger partial charge < -0.3 is 0 Å². The summed E-state index contributed by atoms with van der Waals surface area (Å²) < 4.78 is 29.4. The van der Waals surface area contributed by atoms with Crippen LogP contribution in [0.15, 0.2) is 113 Å². The van der Waals surface area contributed by atoms with E-state index in [0.717, 1.165) is 28.1 Å². The van der Waals surface area contributed by atoms with Gasteiger partial charge in [-0.1, -0.05) is 85.8 Å². The van der Waals surface area contributed by atoms with Gasteiger partial charge in [-0.05, 0) is 51.7 Å². The molecule has 0 saturated heterocycles. The van der Waals surface area contributed by atoms with Gasteiger partial charge in [-0.25, -0.2) is 13.4 Å². The van der Waals surface area contributed by atoms with Crippen molar-refractivity contribution in [1.29, 1.82) is 0 Å². The quantitative estimate of drug-likeness (QED) is 0.265. The maximum absolute atomic E-state index is 13.7. The van der Waals surface area contributed by atoms with Crippen LogP contribution >= 0.6 is 0 Å². The topological polar surface area (TPSA) is 52.0 Å². The zero-order valence-electron chi connectivity index (χ0n) is 19.6. The molecule has 0 N–H and O–H groups in total. The number of aryl methyl sites for hydroxylation is 1. The highest BCUT2D eigenvalue weighted by molar-refractivity contribution is 7.92. The molecule has 0 radical (unpaired) electrons. The lowest BCUT2D eigenvalue weighted by atomic mass is 9.97. The highest BCUT2D eigenvalue weighted by Crippen LogP contribution is 2.43. The Hall–Kier alpha value is -4.22. The summed E-state index contributed by atoms with van der Waals surface area (Å²) in [6.07, 6.45) is 0.697. The minimum atomic E-state index is -3.67. The van der Waals surface area contributed by atoms with Crippen LogP contribution < -0.4 is 0 Å². The van der Waals surface area contributed by atoms with E-state index in [2.05, 4.69) is 60.7 Å². The first-order valence-electron chi connectivity index (χ1n) is 12.0. The molecule has 0 aliphatic carbocycles. The molecule has 1 aromatic heterocycles. The number of benzene rings is 5. The van der Waals surface area contributed by atoms with Gasteiger partial charge in [0.1, 0.15) is 5.82 Å². The van der Waals surface area contributed by atoms with Crippen molar-refractivity contribution in [3.8, 4) is 27.9 Å². The van der Waals surface area contributed by atoms with Crippen molar-refractivity contribution in [1.82, 2.24) is 9.55 Å². The molecule has 0 saturated carbocycles. The Kier molecular flexibility index (Phi) is 4.48. The molecular weight excluding hydrogens is 464 g/mol. The lowest BCUT2D eigenvalue weighted by Crippen LogP contribution is -2.16. The van der Waals surface area contributed by atoms with E-state index in [1.807, 2.05) is 35.8 Å². The number of aromatic nitrogens is 2. The minimum Gasteiger partial charge on any atom is -0.293 e. The van der Waals surface area contributed by atoms with Gasteiger partial charge in [0.25, 0.3) is 0 Å². The van der Waals surface area contributed by atoms with Crippen LogP contribution in [-0.4, -0.2) is 18.0 Å². The number of hydrogen-bond donors (Lipinski definition) is 0. The molecule has 4 nitrogen and oxygen atoms in total. The molecule has 0 bridgehead atoms. The summed E-state index contributed by atoms with van der Waals surface area (Å²) in [5.41, 5.74) is 6.18. The molecule has 2 heterocycles. The maximum Gasteiger partial charge on any atom is 0.210 e. The average Bonchev–Trinajstić information content (AvgIpc) is 3.30. The van der Waals surface area contributed by atoms with Gasteiger partial charge in [0, 0.05) is 12.0 Å². The maximum atomic E-state index is 13.7. The fraction of sp³-hybridized carbons (Fsp3) is 0.0645. The Bertz CT molecular complexity index is 1930. The van der Waals surface area contributed by atoms with E-state index < -0.39 is 9.84 Å². The van der Waals surface area contributed by atoms with Crippen LogP contribution in [0.1, 0.15) is 12.7 Å². The van der Waals surface area contributed by atoms with Gasteiger partial charge in [0.15, 0.2) is 0 Å². The molecule has 0 amide bonds. The molecule has 0 spiro atoms. The molecule has 7 rings (SSSR count). The lowest BCUT2D eigenvalue weighted by Gasteiger charge is -2.23. The zero-order valence-corrected chi connectivity index (χ0v) is 20.5. The van der Waals surface area contributed by atoms with Gasteiger partial charge in [-0.2, -0.15) is 0 Å². The first kappa shape index (κ1) is 21.1. The summed E-state index contributed by atoms with van der Waals surface area (Å²) in [7, 11) is -3.67. The highest BCUT2D eigenvalue weighted by atomic mass is 32.2. The number of hydrogen-bond acceptors (Lipinski definition) is 3.